The molecule has 3 aromatic rings. The maximum atomic E-state index is 12.5. The first-order valence-corrected chi connectivity index (χ1v) is 9.42. The lowest BCUT2D eigenvalue weighted by Gasteiger charge is -2.03. The molecule has 2 heterocycles. The number of nitrogens with one attached hydrogen (secondary N) is 2. The van der Waals surface area contributed by atoms with E-state index in [9.17, 15) is 9.59 Å². The normalized spacial score (nSPS) is 11.0. The number of benzene rings is 1. The van der Waals surface area contributed by atoms with Crippen LogP contribution >= 0.6 is 23.1 Å². The highest BCUT2D eigenvalue weighted by Crippen LogP contribution is 2.29. The third-order valence-electron chi connectivity index (χ3n) is 3.54. The number of aromatic amines is 1. The Bertz CT molecular complexity index is 951. The summed E-state index contributed by atoms with van der Waals surface area (Å²) in [4.78, 5) is 33.2. The highest BCUT2D eigenvalue weighted by molar-refractivity contribution is 7.99. The van der Waals surface area contributed by atoms with Crippen LogP contribution in [-0.2, 0) is 4.74 Å². The number of aromatic nitrogens is 2. The summed E-state index contributed by atoms with van der Waals surface area (Å²) < 4.78 is 5.00. The van der Waals surface area contributed by atoms with Gasteiger partial charge in [0.1, 0.15) is 4.83 Å². The number of H-pyrrole nitrogens is 1. The van der Waals surface area contributed by atoms with Crippen LogP contribution in [0.2, 0.25) is 0 Å². The number of fused-ring (bicyclic) bond motifs is 1. The minimum absolute atomic E-state index is 0.225. The first-order chi connectivity index (χ1) is 12.1. The molecule has 130 valence electrons. The topological polar surface area (TPSA) is 84.1 Å². The second-order valence-electron chi connectivity index (χ2n) is 5.27. The van der Waals surface area contributed by atoms with Crippen LogP contribution in [0.4, 0.5) is 5.69 Å². The molecule has 25 heavy (non-hydrogen) atoms. The Labute approximate surface area is 152 Å². The number of nitrogens with zero attached hydrogens (tertiary/aromatic N) is 1. The molecule has 2 aromatic heterocycles. The SMILES string of the molecule is COCCSc1nc2sc(C(=O)Nc3ccccc3)c(C)c2c(=O)[nH]1. The number of rotatable bonds is 6. The zero-order valence-corrected chi connectivity index (χ0v) is 15.4. The molecule has 0 aliphatic rings. The molecule has 1 amide bonds. The van der Waals surface area contributed by atoms with Gasteiger partial charge in [0.15, 0.2) is 5.16 Å². The lowest BCUT2D eigenvalue weighted by atomic mass is 10.2. The lowest BCUT2D eigenvalue weighted by Crippen LogP contribution is -2.12. The molecule has 0 aliphatic carbocycles. The highest BCUT2D eigenvalue weighted by atomic mass is 32.2. The van der Waals surface area contributed by atoms with E-state index in [4.69, 9.17) is 4.74 Å². The van der Waals surface area contributed by atoms with Gasteiger partial charge in [0.05, 0.1) is 16.9 Å². The molecule has 0 unspecified atom stereocenters. The van der Waals surface area contributed by atoms with Gasteiger partial charge in [-0.05, 0) is 24.6 Å². The van der Waals surface area contributed by atoms with E-state index in [2.05, 4.69) is 15.3 Å². The smallest absolute Gasteiger partial charge is 0.266 e. The van der Waals surface area contributed by atoms with Gasteiger partial charge in [0.25, 0.3) is 11.5 Å². The van der Waals surface area contributed by atoms with E-state index in [0.29, 0.717) is 43.9 Å². The molecular weight excluding hydrogens is 358 g/mol. The van der Waals surface area contributed by atoms with Crippen molar-refractivity contribution >= 4 is 44.9 Å². The second-order valence-corrected chi connectivity index (χ2v) is 7.35. The molecule has 0 fully saturated rings. The summed E-state index contributed by atoms with van der Waals surface area (Å²) in [5.41, 5.74) is 1.13. The number of carbonyl (C=O) groups excluding carboxylic acids is 1. The molecule has 0 saturated heterocycles. The predicted octanol–water partition coefficient (Wildman–Crippen LogP) is 3.28. The van der Waals surface area contributed by atoms with Crippen LogP contribution in [-0.4, -0.2) is 35.3 Å². The third-order valence-corrected chi connectivity index (χ3v) is 5.56. The van der Waals surface area contributed by atoms with Gasteiger partial charge in [0, 0.05) is 18.6 Å². The average Bonchev–Trinajstić information content (AvgIpc) is 2.93. The number of methoxy groups -OCH3 is 1. The summed E-state index contributed by atoms with van der Waals surface area (Å²) >= 11 is 2.65. The van der Waals surface area contributed by atoms with Crippen LogP contribution < -0.4 is 10.9 Å². The lowest BCUT2D eigenvalue weighted by molar-refractivity contribution is 0.103. The van der Waals surface area contributed by atoms with Crippen molar-refractivity contribution in [2.45, 2.75) is 12.1 Å². The molecule has 6 nitrogen and oxygen atoms in total. The van der Waals surface area contributed by atoms with Crippen LogP contribution in [0, 0.1) is 6.92 Å². The summed E-state index contributed by atoms with van der Waals surface area (Å²) in [5.74, 6) is 0.455. The summed E-state index contributed by atoms with van der Waals surface area (Å²) in [7, 11) is 1.63. The van der Waals surface area contributed by atoms with E-state index in [-0.39, 0.29) is 11.5 Å². The molecule has 0 radical (unpaired) electrons. The van der Waals surface area contributed by atoms with Gasteiger partial charge in [-0.25, -0.2) is 4.98 Å². The third kappa shape index (κ3) is 3.92. The monoisotopic (exact) mass is 375 g/mol. The van der Waals surface area contributed by atoms with Crippen molar-refractivity contribution in [3.05, 3.63) is 51.1 Å². The van der Waals surface area contributed by atoms with Gasteiger partial charge in [0.2, 0.25) is 0 Å². The Kier molecular flexibility index (Phi) is 5.52. The summed E-state index contributed by atoms with van der Waals surface area (Å²) in [6.45, 7) is 2.34. The summed E-state index contributed by atoms with van der Waals surface area (Å²) in [6, 6.07) is 9.21. The first kappa shape index (κ1) is 17.7. The van der Waals surface area contributed by atoms with Gasteiger partial charge >= 0.3 is 0 Å². The minimum Gasteiger partial charge on any atom is -0.384 e. The zero-order valence-electron chi connectivity index (χ0n) is 13.8. The number of para-hydroxylation sites is 1. The van der Waals surface area contributed by atoms with E-state index in [1.165, 1.54) is 23.1 Å². The van der Waals surface area contributed by atoms with E-state index < -0.39 is 0 Å². The van der Waals surface area contributed by atoms with Crippen LogP contribution in [0.5, 0.6) is 0 Å². The Morgan fingerprint density at radius 1 is 1.36 bits per heavy atom. The van der Waals surface area contributed by atoms with Crippen LogP contribution in [0.15, 0.2) is 40.3 Å². The molecule has 2 N–H and O–H groups in total. The largest absolute Gasteiger partial charge is 0.384 e. The van der Waals surface area contributed by atoms with E-state index in [1.807, 2.05) is 30.3 Å². The van der Waals surface area contributed by atoms with Gasteiger partial charge in [-0.1, -0.05) is 30.0 Å². The van der Waals surface area contributed by atoms with Crippen LogP contribution in [0.3, 0.4) is 0 Å². The molecule has 3 rings (SSSR count). The Morgan fingerprint density at radius 3 is 2.84 bits per heavy atom. The van der Waals surface area contributed by atoms with Crippen molar-refractivity contribution in [1.29, 1.82) is 0 Å². The van der Waals surface area contributed by atoms with Crippen molar-refractivity contribution in [3.8, 4) is 0 Å². The van der Waals surface area contributed by atoms with Crippen molar-refractivity contribution in [2.24, 2.45) is 0 Å². The number of hydrogen-bond donors (Lipinski definition) is 2. The average molecular weight is 375 g/mol. The fourth-order valence-corrected chi connectivity index (χ4v) is 4.24. The van der Waals surface area contributed by atoms with Gasteiger partial charge < -0.3 is 15.0 Å². The van der Waals surface area contributed by atoms with Crippen LogP contribution in [0.25, 0.3) is 10.2 Å². The molecule has 0 aliphatic heterocycles. The number of aryl methyl sites for hydroxylation is 1. The van der Waals surface area contributed by atoms with Crippen LogP contribution in [0.1, 0.15) is 15.2 Å². The standard InChI is InChI=1S/C17H17N3O3S2/c1-10-12-14(21)19-17(24-9-8-23-2)20-16(12)25-13(10)15(22)18-11-6-4-3-5-7-11/h3-7H,8-9H2,1-2H3,(H,18,22)(H,19,20,21). The number of hydrogen-bond acceptors (Lipinski definition) is 6. The van der Waals surface area contributed by atoms with E-state index in [0.717, 1.165) is 0 Å². The van der Waals surface area contributed by atoms with Gasteiger partial charge in [-0.2, -0.15) is 0 Å². The minimum atomic E-state index is -0.236. The number of anilines is 1. The van der Waals surface area contributed by atoms with Gasteiger partial charge in [-0.15, -0.1) is 11.3 Å². The second kappa shape index (κ2) is 7.81. The molecule has 0 saturated carbocycles. The van der Waals surface area contributed by atoms with Crippen molar-refractivity contribution in [2.75, 3.05) is 24.8 Å². The molecule has 1 aromatic carbocycles. The predicted molar refractivity (Wildman–Crippen MR) is 102 cm³/mol. The number of carbonyl (C=O) groups is 1. The fraction of sp³-hybridized carbons (Fsp3) is 0.235. The van der Waals surface area contributed by atoms with Gasteiger partial charge in [-0.3, -0.25) is 9.59 Å². The number of thioether (sulfide) groups is 1. The Hall–Kier alpha value is -2.16. The van der Waals surface area contributed by atoms with E-state index >= 15 is 0 Å². The van der Waals surface area contributed by atoms with E-state index in [1.54, 1.807) is 14.0 Å². The number of thiophene rings is 1. The Balaban J connectivity index is 1.91. The zero-order chi connectivity index (χ0) is 17.8. The highest BCUT2D eigenvalue weighted by Gasteiger charge is 2.19. The molecular formula is C17H17N3O3S2. The maximum Gasteiger partial charge on any atom is 0.266 e. The maximum absolute atomic E-state index is 12.5. The molecule has 0 spiro atoms. The number of ether oxygens (including phenoxy) is 1. The van der Waals surface area contributed by atoms with Crippen molar-refractivity contribution in [1.82, 2.24) is 9.97 Å². The number of amides is 1. The summed E-state index contributed by atoms with van der Waals surface area (Å²) in [6.07, 6.45) is 0. The first-order valence-electron chi connectivity index (χ1n) is 7.61. The quantitative estimate of drug-likeness (QED) is 0.392. The molecule has 8 heteroatoms. The van der Waals surface area contributed by atoms with Crippen molar-refractivity contribution in [3.63, 3.8) is 0 Å². The van der Waals surface area contributed by atoms with Crippen molar-refractivity contribution < 1.29 is 9.53 Å². The fourth-order valence-electron chi connectivity index (χ4n) is 2.34. The summed E-state index contributed by atoms with van der Waals surface area (Å²) in [5, 5.41) is 3.85. The Morgan fingerprint density at radius 2 is 2.12 bits per heavy atom. The molecule has 0 atom stereocenters. The molecule has 0 bridgehead atoms.